The van der Waals surface area contributed by atoms with Crippen molar-refractivity contribution in [2.45, 2.75) is 33.1 Å². The summed E-state index contributed by atoms with van der Waals surface area (Å²) in [6.45, 7) is 4.02. The van der Waals surface area contributed by atoms with Gasteiger partial charge >= 0.3 is 0 Å². The Labute approximate surface area is 155 Å². The second kappa shape index (κ2) is 6.60. The average molecular weight is 343 g/mol. The first-order valence-electron chi connectivity index (χ1n) is 9.46. The van der Waals surface area contributed by atoms with Crippen LogP contribution in [0.2, 0.25) is 0 Å². The van der Waals surface area contributed by atoms with E-state index in [-0.39, 0.29) is 5.92 Å². The third kappa shape index (κ3) is 2.70. The number of carbonyl (C=O) groups excluding carboxylic acids is 1. The molecule has 2 aromatic carbocycles. The van der Waals surface area contributed by atoms with Crippen LogP contribution in [0, 0.1) is 5.92 Å². The van der Waals surface area contributed by atoms with E-state index >= 15 is 0 Å². The number of fused-ring (bicyclic) bond motifs is 2. The molecule has 1 heterocycles. The number of Topliss-reactive ketones (excluding diaryl/α,β-unsaturated/α-hetero) is 1. The van der Waals surface area contributed by atoms with Crippen LogP contribution >= 0.6 is 0 Å². The van der Waals surface area contributed by atoms with Gasteiger partial charge in [-0.1, -0.05) is 56.3 Å². The predicted octanol–water partition coefficient (Wildman–Crippen LogP) is 5.19. The van der Waals surface area contributed by atoms with Crippen molar-refractivity contribution in [3.63, 3.8) is 0 Å². The van der Waals surface area contributed by atoms with E-state index in [0.717, 1.165) is 12.8 Å². The molecule has 0 fully saturated rings. The first-order valence-corrected chi connectivity index (χ1v) is 9.46. The average Bonchev–Trinajstić information content (AvgIpc) is 3.18. The maximum Gasteiger partial charge on any atom is 0.139 e. The van der Waals surface area contributed by atoms with Gasteiger partial charge in [0, 0.05) is 37.2 Å². The lowest BCUT2D eigenvalue weighted by atomic mass is 9.89. The van der Waals surface area contributed by atoms with Crippen molar-refractivity contribution in [1.82, 2.24) is 0 Å². The molecule has 2 aromatic rings. The van der Waals surface area contributed by atoms with Gasteiger partial charge in [0.2, 0.25) is 0 Å². The van der Waals surface area contributed by atoms with Gasteiger partial charge in [0.15, 0.2) is 0 Å². The van der Waals surface area contributed by atoms with E-state index in [1.54, 1.807) is 0 Å². The highest BCUT2D eigenvalue weighted by molar-refractivity contribution is 5.96. The highest BCUT2D eigenvalue weighted by atomic mass is 16.1. The van der Waals surface area contributed by atoms with E-state index in [9.17, 15) is 4.79 Å². The lowest BCUT2D eigenvalue weighted by Gasteiger charge is -2.17. The minimum atomic E-state index is -0.0513. The monoisotopic (exact) mass is 343 g/mol. The maximum absolute atomic E-state index is 12.5. The summed E-state index contributed by atoms with van der Waals surface area (Å²) in [5, 5.41) is 0. The van der Waals surface area contributed by atoms with Crippen LogP contribution in [-0.4, -0.2) is 12.8 Å². The third-order valence-corrected chi connectivity index (χ3v) is 5.80. The number of carbonyl (C=O) groups is 1. The number of anilines is 1. The highest BCUT2D eigenvalue weighted by Crippen LogP contribution is 2.41. The molecule has 1 unspecified atom stereocenters. The second-order valence-electron chi connectivity index (χ2n) is 7.31. The number of hydrogen-bond donors (Lipinski definition) is 0. The number of ketones is 1. The molecule has 0 aromatic heterocycles. The zero-order chi connectivity index (χ0) is 18.3. The molecule has 2 nitrogen and oxygen atoms in total. The number of likely N-dealkylation sites (N-methyl/N-ethyl adjacent to an activating group) is 1. The fourth-order valence-corrected chi connectivity index (χ4v) is 4.32. The van der Waals surface area contributed by atoms with Crippen molar-refractivity contribution in [3.05, 3.63) is 82.6 Å². The Bertz CT molecular complexity index is 935. The minimum Gasteiger partial charge on any atom is -0.348 e. The number of rotatable bonds is 4. The largest absolute Gasteiger partial charge is 0.348 e. The molecule has 0 saturated heterocycles. The van der Waals surface area contributed by atoms with Crippen molar-refractivity contribution < 1.29 is 4.79 Å². The van der Waals surface area contributed by atoms with Crippen molar-refractivity contribution in [3.8, 4) is 0 Å². The third-order valence-electron chi connectivity index (χ3n) is 5.80. The Morgan fingerprint density at radius 3 is 2.50 bits per heavy atom. The van der Waals surface area contributed by atoms with Gasteiger partial charge in [0.1, 0.15) is 5.78 Å². The Balaban J connectivity index is 1.78. The van der Waals surface area contributed by atoms with Crippen molar-refractivity contribution >= 4 is 17.0 Å². The van der Waals surface area contributed by atoms with Crippen LogP contribution in [0.1, 0.15) is 37.0 Å². The number of benzene rings is 2. The molecule has 0 bridgehead atoms. The summed E-state index contributed by atoms with van der Waals surface area (Å²) in [6.07, 6.45) is 4.78. The standard InChI is InChI=1S/C24H25NO/c1-4-23(26)16(2)24-19(13-17-9-5-7-11-21(17)24)15-20-14-18-10-6-8-12-22(18)25(20)3/h5-12,15-16H,4,13-14H2,1-3H3. The van der Waals surface area contributed by atoms with E-state index < -0.39 is 0 Å². The van der Waals surface area contributed by atoms with Gasteiger partial charge in [0.25, 0.3) is 0 Å². The fraction of sp³-hybridized carbons (Fsp3) is 0.292. The van der Waals surface area contributed by atoms with E-state index in [0.29, 0.717) is 12.2 Å². The van der Waals surface area contributed by atoms with Gasteiger partial charge in [-0.3, -0.25) is 4.79 Å². The van der Waals surface area contributed by atoms with Gasteiger partial charge < -0.3 is 4.90 Å². The molecule has 4 rings (SSSR count). The van der Waals surface area contributed by atoms with Crippen LogP contribution in [0.25, 0.3) is 5.57 Å². The second-order valence-corrected chi connectivity index (χ2v) is 7.31. The minimum absolute atomic E-state index is 0.0513. The Kier molecular flexibility index (Phi) is 4.28. The van der Waals surface area contributed by atoms with Crippen molar-refractivity contribution in [1.29, 1.82) is 0 Å². The summed E-state index contributed by atoms with van der Waals surface area (Å²) < 4.78 is 0. The zero-order valence-electron chi connectivity index (χ0n) is 15.8. The predicted molar refractivity (Wildman–Crippen MR) is 108 cm³/mol. The van der Waals surface area contributed by atoms with Crippen LogP contribution in [0.3, 0.4) is 0 Å². The Hall–Kier alpha value is -2.61. The Morgan fingerprint density at radius 1 is 1.08 bits per heavy atom. The summed E-state index contributed by atoms with van der Waals surface area (Å²) in [5.41, 5.74) is 9.09. The maximum atomic E-state index is 12.5. The van der Waals surface area contributed by atoms with Gasteiger partial charge in [-0.15, -0.1) is 0 Å². The summed E-state index contributed by atoms with van der Waals surface area (Å²) >= 11 is 0. The molecule has 2 heteroatoms. The molecule has 0 spiro atoms. The van der Waals surface area contributed by atoms with Gasteiger partial charge in [-0.05, 0) is 46.4 Å². The molecule has 26 heavy (non-hydrogen) atoms. The van der Waals surface area contributed by atoms with E-state index in [4.69, 9.17) is 0 Å². The van der Waals surface area contributed by atoms with E-state index in [2.05, 4.69) is 73.5 Å². The topological polar surface area (TPSA) is 20.3 Å². The lowest BCUT2D eigenvalue weighted by Crippen LogP contribution is -2.13. The normalized spacial score (nSPS) is 18.3. The Morgan fingerprint density at radius 2 is 1.77 bits per heavy atom. The number of hydrogen-bond acceptors (Lipinski definition) is 2. The van der Waals surface area contributed by atoms with Crippen LogP contribution in [0.5, 0.6) is 0 Å². The summed E-state index contributed by atoms with van der Waals surface area (Å²) in [7, 11) is 2.14. The summed E-state index contributed by atoms with van der Waals surface area (Å²) in [4.78, 5) is 14.8. The molecule has 0 radical (unpaired) electrons. The molecule has 0 amide bonds. The van der Waals surface area contributed by atoms with Gasteiger partial charge in [-0.25, -0.2) is 0 Å². The van der Waals surface area contributed by atoms with Gasteiger partial charge in [-0.2, -0.15) is 0 Å². The summed E-state index contributed by atoms with van der Waals surface area (Å²) in [5.74, 6) is 0.264. The van der Waals surface area contributed by atoms with E-state index in [1.807, 2.05) is 6.92 Å². The lowest BCUT2D eigenvalue weighted by molar-refractivity contribution is -0.120. The van der Waals surface area contributed by atoms with Crippen LogP contribution in [0.4, 0.5) is 5.69 Å². The van der Waals surface area contributed by atoms with Crippen molar-refractivity contribution in [2.24, 2.45) is 5.92 Å². The molecular formula is C24H25NO. The van der Waals surface area contributed by atoms with Crippen LogP contribution in [-0.2, 0) is 17.6 Å². The first kappa shape index (κ1) is 16.8. The highest BCUT2D eigenvalue weighted by Gasteiger charge is 2.29. The molecule has 2 aliphatic rings. The summed E-state index contributed by atoms with van der Waals surface area (Å²) in [6, 6.07) is 17.1. The number of para-hydroxylation sites is 1. The molecule has 0 saturated carbocycles. The smallest absolute Gasteiger partial charge is 0.139 e. The molecule has 1 atom stereocenters. The molecule has 1 aliphatic carbocycles. The van der Waals surface area contributed by atoms with Crippen molar-refractivity contribution in [2.75, 3.05) is 11.9 Å². The number of nitrogens with zero attached hydrogens (tertiary/aromatic N) is 1. The van der Waals surface area contributed by atoms with Crippen LogP contribution < -0.4 is 4.90 Å². The molecule has 132 valence electrons. The van der Waals surface area contributed by atoms with Crippen LogP contribution in [0.15, 0.2) is 65.9 Å². The fourth-order valence-electron chi connectivity index (χ4n) is 4.32. The zero-order valence-corrected chi connectivity index (χ0v) is 15.8. The first-order chi connectivity index (χ1) is 12.6. The van der Waals surface area contributed by atoms with Gasteiger partial charge in [0.05, 0.1) is 0 Å². The SMILES string of the molecule is CCC(=O)C(C)C1=C(C=C2Cc3ccccc3N2C)Cc2ccccc21. The van der Waals surface area contributed by atoms with E-state index in [1.165, 1.54) is 39.2 Å². The molecular weight excluding hydrogens is 318 g/mol. The number of allylic oxidation sites excluding steroid dienone is 4. The quantitative estimate of drug-likeness (QED) is 0.761. The molecule has 1 aliphatic heterocycles. The molecule has 0 N–H and O–H groups in total.